The van der Waals surface area contributed by atoms with Gasteiger partial charge in [0, 0.05) is 6.04 Å². The Morgan fingerprint density at radius 1 is 1.35 bits per heavy atom. The van der Waals surface area contributed by atoms with E-state index >= 15 is 0 Å². The summed E-state index contributed by atoms with van der Waals surface area (Å²) in [4.78, 5) is 12.8. The fraction of sp³-hybridized carbons (Fsp3) is 0.923. The van der Waals surface area contributed by atoms with E-state index in [-0.39, 0.29) is 12.6 Å². The average molecular weight is 297 g/mol. The first-order valence-electron chi connectivity index (χ1n) is 6.87. The van der Waals surface area contributed by atoms with Gasteiger partial charge in [-0.15, -0.1) is 0 Å². The zero-order valence-corrected chi connectivity index (χ0v) is 12.7. The number of carbonyl (C=O) groups is 1. The van der Waals surface area contributed by atoms with Crippen molar-refractivity contribution in [2.75, 3.05) is 19.6 Å². The molecule has 0 radical (unpaired) electrons. The lowest BCUT2D eigenvalue weighted by Crippen LogP contribution is -2.53. The van der Waals surface area contributed by atoms with Crippen molar-refractivity contribution in [2.24, 2.45) is 5.73 Å². The van der Waals surface area contributed by atoms with E-state index in [2.05, 4.69) is 5.32 Å². The zero-order chi connectivity index (χ0) is 16.0. The molecule has 20 heavy (non-hydrogen) atoms. The molecule has 0 bridgehead atoms. The summed E-state index contributed by atoms with van der Waals surface area (Å²) in [5, 5.41) is 2.99. The van der Waals surface area contributed by atoms with E-state index < -0.39 is 24.2 Å². The largest absolute Gasteiger partial charge is 0.401 e. The van der Waals surface area contributed by atoms with Crippen molar-refractivity contribution in [1.82, 2.24) is 10.2 Å². The van der Waals surface area contributed by atoms with Crippen molar-refractivity contribution in [3.63, 3.8) is 0 Å². The number of primary amides is 1. The normalized spacial score (nSPS) is 15.7. The number of carbonyl (C=O) groups excluding carboxylic acids is 1. The minimum absolute atomic E-state index is 0.199. The Balaban J connectivity index is 4.45. The molecule has 0 spiro atoms. The maximum absolute atomic E-state index is 12.4. The summed E-state index contributed by atoms with van der Waals surface area (Å²) in [7, 11) is 0. The van der Waals surface area contributed by atoms with E-state index in [0.29, 0.717) is 19.4 Å². The Morgan fingerprint density at radius 2 is 1.90 bits per heavy atom. The predicted molar refractivity (Wildman–Crippen MR) is 73.3 cm³/mol. The highest BCUT2D eigenvalue weighted by Crippen LogP contribution is 2.19. The fourth-order valence-electron chi connectivity index (χ4n) is 2.07. The minimum Gasteiger partial charge on any atom is -0.368 e. The number of likely N-dealkylation sites (N-methyl/N-ethyl adjacent to an activating group) is 1. The van der Waals surface area contributed by atoms with Crippen molar-refractivity contribution in [3.05, 3.63) is 0 Å². The second-order valence-corrected chi connectivity index (χ2v) is 5.51. The Hall–Kier alpha value is -0.820. The molecule has 0 aromatic heterocycles. The number of halogens is 3. The standard InChI is InChI=1S/C13H26F3N3O/c1-5-18-12(4,11(17)20)7-6-8-19(10(2)3)9-13(14,15)16/h10,18H,5-9H2,1-4H3,(H2,17,20). The summed E-state index contributed by atoms with van der Waals surface area (Å²) in [5.74, 6) is -0.480. The molecule has 0 aromatic rings. The second kappa shape index (κ2) is 7.83. The molecule has 1 amide bonds. The number of nitrogens with one attached hydrogen (secondary N) is 1. The Kier molecular flexibility index (Phi) is 7.51. The van der Waals surface area contributed by atoms with Gasteiger partial charge in [-0.3, -0.25) is 9.69 Å². The number of nitrogens with two attached hydrogens (primary N) is 1. The molecule has 3 N–H and O–H groups in total. The summed E-state index contributed by atoms with van der Waals surface area (Å²) in [6, 6.07) is -0.199. The average Bonchev–Trinajstić information content (AvgIpc) is 2.26. The van der Waals surface area contributed by atoms with Gasteiger partial charge in [0.05, 0.1) is 12.1 Å². The van der Waals surface area contributed by atoms with Gasteiger partial charge < -0.3 is 11.1 Å². The second-order valence-electron chi connectivity index (χ2n) is 5.51. The van der Waals surface area contributed by atoms with E-state index in [1.54, 1.807) is 20.8 Å². The van der Waals surface area contributed by atoms with Crippen LogP contribution in [0.15, 0.2) is 0 Å². The third-order valence-corrected chi connectivity index (χ3v) is 3.35. The molecule has 0 fully saturated rings. The number of hydrogen-bond acceptors (Lipinski definition) is 3. The number of hydrogen-bond donors (Lipinski definition) is 2. The molecule has 7 heteroatoms. The van der Waals surface area contributed by atoms with E-state index in [0.717, 1.165) is 0 Å². The van der Waals surface area contributed by atoms with Crippen molar-refractivity contribution in [3.8, 4) is 0 Å². The first-order chi connectivity index (χ1) is 9.02. The van der Waals surface area contributed by atoms with Gasteiger partial charge in [0.2, 0.25) is 5.91 Å². The van der Waals surface area contributed by atoms with Crippen molar-refractivity contribution >= 4 is 5.91 Å². The number of nitrogens with zero attached hydrogens (tertiary/aromatic N) is 1. The van der Waals surface area contributed by atoms with Crippen LogP contribution in [-0.4, -0.2) is 48.2 Å². The predicted octanol–water partition coefficient (Wildman–Crippen LogP) is 1.89. The van der Waals surface area contributed by atoms with E-state index in [9.17, 15) is 18.0 Å². The molecule has 0 saturated carbocycles. The first-order valence-corrected chi connectivity index (χ1v) is 6.87. The maximum atomic E-state index is 12.4. The van der Waals surface area contributed by atoms with Crippen LogP contribution in [0.2, 0.25) is 0 Å². The van der Waals surface area contributed by atoms with Crippen LogP contribution in [-0.2, 0) is 4.79 Å². The fourth-order valence-corrected chi connectivity index (χ4v) is 2.07. The topological polar surface area (TPSA) is 58.4 Å². The van der Waals surface area contributed by atoms with Gasteiger partial charge in [0.25, 0.3) is 0 Å². The molecule has 0 heterocycles. The molecule has 120 valence electrons. The smallest absolute Gasteiger partial charge is 0.368 e. The summed E-state index contributed by atoms with van der Waals surface area (Å²) in [6.45, 7) is 6.92. The molecule has 1 atom stereocenters. The molecule has 4 nitrogen and oxygen atoms in total. The highest BCUT2D eigenvalue weighted by molar-refractivity contribution is 5.84. The van der Waals surface area contributed by atoms with E-state index in [1.807, 2.05) is 6.92 Å². The lowest BCUT2D eigenvalue weighted by atomic mass is 9.94. The van der Waals surface area contributed by atoms with Crippen molar-refractivity contribution in [2.45, 2.75) is 58.3 Å². The number of rotatable bonds is 9. The lowest BCUT2D eigenvalue weighted by molar-refractivity contribution is -0.150. The van der Waals surface area contributed by atoms with Gasteiger partial charge in [-0.2, -0.15) is 13.2 Å². The molecular weight excluding hydrogens is 271 g/mol. The van der Waals surface area contributed by atoms with Gasteiger partial charge in [0.15, 0.2) is 0 Å². The molecule has 0 rings (SSSR count). The maximum Gasteiger partial charge on any atom is 0.401 e. The Labute approximate surface area is 118 Å². The Bertz CT molecular complexity index is 308. The summed E-state index contributed by atoms with van der Waals surface area (Å²) in [5.41, 5.74) is 4.47. The van der Waals surface area contributed by atoms with Gasteiger partial charge in [-0.05, 0) is 46.7 Å². The molecule has 0 aliphatic rings. The van der Waals surface area contributed by atoms with Crippen molar-refractivity contribution in [1.29, 1.82) is 0 Å². The van der Waals surface area contributed by atoms with Crippen LogP contribution in [0.1, 0.15) is 40.5 Å². The lowest BCUT2D eigenvalue weighted by Gasteiger charge is -2.31. The summed E-state index contributed by atoms with van der Waals surface area (Å²) < 4.78 is 37.3. The molecule has 1 unspecified atom stereocenters. The van der Waals surface area contributed by atoms with Crippen LogP contribution in [0.3, 0.4) is 0 Å². The highest BCUT2D eigenvalue weighted by Gasteiger charge is 2.33. The zero-order valence-electron chi connectivity index (χ0n) is 12.7. The van der Waals surface area contributed by atoms with E-state index in [4.69, 9.17) is 5.73 Å². The van der Waals surface area contributed by atoms with Crippen LogP contribution in [0, 0.1) is 0 Å². The SMILES string of the molecule is CCNC(C)(CCCN(CC(F)(F)F)C(C)C)C(N)=O. The van der Waals surface area contributed by atoms with Crippen LogP contribution in [0.4, 0.5) is 13.2 Å². The Morgan fingerprint density at radius 3 is 2.25 bits per heavy atom. The quantitative estimate of drug-likeness (QED) is 0.683. The number of alkyl halides is 3. The molecule has 0 aromatic carbocycles. The van der Waals surface area contributed by atoms with Gasteiger partial charge in [-0.25, -0.2) is 0 Å². The number of amides is 1. The molecule has 0 aliphatic heterocycles. The highest BCUT2D eigenvalue weighted by atomic mass is 19.4. The first kappa shape index (κ1) is 19.2. The minimum atomic E-state index is -4.21. The monoisotopic (exact) mass is 297 g/mol. The van der Waals surface area contributed by atoms with Crippen molar-refractivity contribution < 1.29 is 18.0 Å². The third kappa shape index (κ3) is 7.09. The van der Waals surface area contributed by atoms with Crippen LogP contribution < -0.4 is 11.1 Å². The molecular formula is C13H26F3N3O. The summed E-state index contributed by atoms with van der Waals surface area (Å²) >= 11 is 0. The summed E-state index contributed by atoms with van der Waals surface area (Å²) in [6.07, 6.45) is -3.32. The van der Waals surface area contributed by atoms with Crippen LogP contribution in [0.25, 0.3) is 0 Å². The van der Waals surface area contributed by atoms with Crippen LogP contribution >= 0.6 is 0 Å². The van der Waals surface area contributed by atoms with E-state index in [1.165, 1.54) is 4.90 Å². The van der Waals surface area contributed by atoms with Gasteiger partial charge in [0.1, 0.15) is 0 Å². The van der Waals surface area contributed by atoms with Gasteiger partial charge in [-0.1, -0.05) is 6.92 Å². The molecule has 0 aliphatic carbocycles. The van der Waals surface area contributed by atoms with Gasteiger partial charge >= 0.3 is 6.18 Å². The third-order valence-electron chi connectivity index (χ3n) is 3.35. The van der Waals surface area contributed by atoms with Crippen LogP contribution in [0.5, 0.6) is 0 Å². The molecule has 0 saturated heterocycles.